The molecule has 0 radical (unpaired) electrons. The summed E-state index contributed by atoms with van der Waals surface area (Å²) in [4.78, 5) is 21.2. The van der Waals surface area contributed by atoms with Crippen LogP contribution in [0.1, 0.15) is 96.8 Å². The van der Waals surface area contributed by atoms with E-state index in [1.807, 2.05) is 0 Å². The van der Waals surface area contributed by atoms with E-state index in [0.29, 0.717) is 13.0 Å². The van der Waals surface area contributed by atoms with Crippen molar-refractivity contribution in [3.05, 3.63) is 0 Å². The van der Waals surface area contributed by atoms with E-state index in [0.717, 1.165) is 19.3 Å². The van der Waals surface area contributed by atoms with Crippen molar-refractivity contribution in [2.75, 3.05) is 33.4 Å². The average Bonchev–Trinajstić information content (AvgIpc) is 2.74. The van der Waals surface area contributed by atoms with Gasteiger partial charge in [0.1, 0.15) is 6.61 Å². The number of hydrogen-bond donors (Lipinski definition) is 3. The van der Waals surface area contributed by atoms with Crippen molar-refractivity contribution in [2.24, 2.45) is 5.73 Å². The maximum absolute atomic E-state index is 11.8. The Morgan fingerprint density at radius 3 is 1.94 bits per heavy atom. The number of likely N-dealkylation sites (N-methyl/N-ethyl adjacent to an activating group) is 1. The van der Waals surface area contributed by atoms with Crippen LogP contribution < -0.4 is 11.1 Å². The number of rotatable bonds is 23. The minimum Gasteiger partial charge on any atom is -0.464 e. The Balaban J connectivity index is 3.48. The molecular weight excluding hydrogens is 419 g/mol. The van der Waals surface area contributed by atoms with Crippen molar-refractivity contribution >= 4 is 13.8 Å². The quantitative estimate of drug-likeness (QED) is 0.113. The van der Waals surface area contributed by atoms with Gasteiger partial charge in [-0.3, -0.25) is 13.8 Å². The monoisotopic (exact) mass is 466 g/mol. The summed E-state index contributed by atoms with van der Waals surface area (Å²) in [6.07, 6.45) is 16.7. The van der Waals surface area contributed by atoms with Crippen LogP contribution in [-0.4, -0.2) is 50.3 Å². The molecule has 0 bridgehead atoms. The number of unbranched alkanes of at least 4 members (excludes halogenated alkanes) is 12. The molecule has 0 heterocycles. The summed E-state index contributed by atoms with van der Waals surface area (Å²) in [6.45, 7) is 2.45. The first-order chi connectivity index (χ1) is 14.9. The van der Waals surface area contributed by atoms with E-state index in [4.69, 9.17) is 19.5 Å². The zero-order chi connectivity index (χ0) is 23.2. The molecule has 31 heavy (non-hydrogen) atoms. The van der Waals surface area contributed by atoms with Crippen LogP contribution in [0.5, 0.6) is 0 Å². The van der Waals surface area contributed by atoms with Gasteiger partial charge in [0, 0.05) is 13.0 Å². The first-order valence-corrected chi connectivity index (χ1v) is 13.6. The molecule has 0 amide bonds. The Morgan fingerprint density at radius 2 is 1.42 bits per heavy atom. The van der Waals surface area contributed by atoms with Crippen molar-refractivity contribution < 1.29 is 28.0 Å². The van der Waals surface area contributed by atoms with Gasteiger partial charge in [-0.25, -0.2) is 4.57 Å². The lowest BCUT2D eigenvalue weighted by Crippen LogP contribution is -2.32. The highest BCUT2D eigenvalue weighted by atomic mass is 31.2. The number of carbonyl (C=O) groups excluding carboxylic acids is 1. The van der Waals surface area contributed by atoms with E-state index in [2.05, 4.69) is 12.2 Å². The molecule has 0 aromatic carbocycles. The molecule has 9 heteroatoms. The molecule has 1 unspecified atom stereocenters. The molecule has 4 N–H and O–H groups in total. The summed E-state index contributed by atoms with van der Waals surface area (Å²) in [5.41, 5.74) is 5.76. The number of carbonyl (C=O) groups is 1. The normalized spacial score (nSPS) is 14.3. The zero-order valence-electron chi connectivity index (χ0n) is 19.8. The third-order valence-corrected chi connectivity index (χ3v) is 5.99. The smallest absolute Gasteiger partial charge is 0.464 e. The summed E-state index contributed by atoms with van der Waals surface area (Å²) >= 11 is 0. The van der Waals surface area contributed by atoms with Gasteiger partial charge in [-0.05, 0) is 13.5 Å². The number of esters is 1. The summed E-state index contributed by atoms with van der Waals surface area (Å²) in [6, 6.07) is -0.677. The second kappa shape index (κ2) is 21.4. The third kappa shape index (κ3) is 22.5. The largest absolute Gasteiger partial charge is 0.472 e. The van der Waals surface area contributed by atoms with Crippen LogP contribution >= 0.6 is 7.82 Å². The van der Waals surface area contributed by atoms with E-state index in [-0.39, 0.29) is 25.8 Å². The van der Waals surface area contributed by atoms with Crippen LogP contribution in [0.3, 0.4) is 0 Å². The lowest BCUT2D eigenvalue weighted by atomic mass is 10.0. The molecule has 0 saturated heterocycles. The summed E-state index contributed by atoms with van der Waals surface area (Å²) in [7, 11) is -2.42. The Morgan fingerprint density at radius 1 is 0.903 bits per heavy atom. The summed E-state index contributed by atoms with van der Waals surface area (Å²) in [5, 5.41) is 2.79. The van der Waals surface area contributed by atoms with Gasteiger partial charge in [-0.2, -0.15) is 0 Å². The third-order valence-electron chi connectivity index (χ3n) is 5.00. The van der Waals surface area contributed by atoms with Gasteiger partial charge in [0.2, 0.25) is 0 Å². The molecule has 0 aliphatic carbocycles. The molecule has 186 valence electrons. The van der Waals surface area contributed by atoms with Crippen LogP contribution in [0.25, 0.3) is 0 Å². The zero-order valence-corrected chi connectivity index (χ0v) is 20.7. The Kier molecular flexibility index (Phi) is 21.0. The maximum Gasteiger partial charge on any atom is 0.472 e. The molecule has 0 aliphatic heterocycles. The van der Waals surface area contributed by atoms with Gasteiger partial charge in [-0.15, -0.1) is 0 Å². The van der Waals surface area contributed by atoms with Gasteiger partial charge in [0.25, 0.3) is 0 Å². The van der Waals surface area contributed by atoms with Gasteiger partial charge in [-0.1, -0.05) is 84.0 Å². The van der Waals surface area contributed by atoms with Gasteiger partial charge >= 0.3 is 13.8 Å². The van der Waals surface area contributed by atoms with Crippen LogP contribution in [0, 0.1) is 0 Å². The molecule has 0 spiro atoms. The Bertz CT molecular complexity index is 467. The van der Waals surface area contributed by atoms with Crippen LogP contribution in [0.15, 0.2) is 0 Å². The van der Waals surface area contributed by atoms with E-state index in [1.54, 1.807) is 7.05 Å². The second-order valence-corrected chi connectivity index (χ2v) is 9.59. The highest BCUT2D eigenvalue weighted by Crippen LogP contribution is 2.42. The standard InChI is InChI=1S/C22H47N2O6P/c1-3-4-5-6-7-8-9-10-11-12-13-14-15-16-22(25)28-19-21(23)20-30-31(26,27)29-18-17-24-2/h21,24H,3-20,23H2,1-2H3,(H,26,27)/t21-/m0/s1. The Labute approximate surface area is 189 Å². The Hall–Kier alpha value is -0.500. The minimum absolute atomic E-state index is 0.0478. The van der Waals surface area contributed by atoms with Gasteiger partial charge < -0.3 is 20.7 Å². The minimum atomic E-state index is -4.13. The molecule has 0 fully saturated rings. The van der Waals surface area contributed by atoms with Gasteiger partial charge in [0.15, 0.2) is 0 Å². The summed E-state index contributed by atoms with van der Waals surface area (Å²) < 4.78 is 26.2. The van der Waals surface area contributed by atoms with Crippen molar-refractivity contribution in [3.63, 3.8) is 0 Å². The van der Waals surface area contributed by atoms with E-state index >= 15 is 0 Å². The number of nitrogens with two attached hydrogens (primary N) is 1. The SMILES string of the molecule is CCCCCCCCCCCCCCCC(=O)OC[C@H](N)COP(=O)(O)OCCNC. The van der Waals surface area contributed by atoms with Crippen LogP contribution in [-0.2, 0) is 23.1 Å². The van der Waals surface area contributed by atoms with E-state index in [9.17, 15) is 14.3 Å². The van der Waals surface area contributed by atoms with Crippen molar-refractivity contribution in [3.8, 4) is 0 Å². The fourth-order valence-corrected chi connectivity index (χ4v) is 3.87. The second-order valence-electron chi connectivity index (χ2n) is 8.14. The van der Waals surface area contributed by atoms with E-state index in [1.165, 1.54) is 64.2 Å². The predicted molar refractivity (Wildman–Crippen MR) is 125 cm³/mol. The van der Waals surface area contributed by atoms with Crippen LogP contribution in [0.4, 0.5) is 0 Å². The number of nitrogens with one attached hydrogen (secondary N) is 1. The number of ether oxygens (including phenoxy) is 1. The molecule has 2 atom stereocenters. The fourth-order valence-electron chi connectivity index (χ4n) is 3.10. The number of phosphoric acid groups is 1. The molecule has 0 aliphatic rings. The lowest BCUT2D eigenvalue weighted by Gasteiger charge is -2.16. The van der Waals surface area contributed by atoms with Crippen molar-refractivity contribution in [1.29, 1.82) is 0 Å². The number of phosphoric ester groups is 1. The van der Waals surface area contributed by atoms with Crippen molar-refractivity contribution in [1.82, 2.24) is 5.32 Å². The highest BCUT2D eigenvalue weighted by molar-refractivity contribution is 7.47. The van der Waals surface area contributed by atoms with Crippen LogP contribution in [0.2, 0.25) is 0 Å². The fraction of sp³-hybridized carbons (Fsp3) is 0.955. The molecule has 0 rings (SSSR count). The first kappa shape index (κ1) is 30.5. The average molecular weight is 467 g/mol. The first-order valence-electron chi connectivity index (χ1n) is 12.1. The molecule has 0 saturated carbocycles. The summed E-state index contributed by atoms with van der Waals surface area (Å²) in [5.74, 6) is -0.295. The molecular formula is C22H47N2O6P. The van der Waals surface area contributed by atoms with Gasteiger partial charge in [0.05, 0.1) is 19.3 Å². The highest BCUT2D eigenvalue weighted by Gasteiger charge is 2.22. The number of hydrogen-bond acceptors (Lipinski definition) is 7. The lowest BCUT2D eigenvalue weighted by molar-refractivity contribution is -0.144. The topological polar surface area (TPSA) is 120 Å². The molecule has 0 aromatic heterocycles. The van der Waals surface area contributed by atoms with Crippen molar-refractivity contribution in [2.45, 2.75) is 103 Å². The molecule has 0 aromatic rings. The predicted octanol–water partition coefficient (Wildman–Crippen LogP) is 4.69. The maximum atomic E-state index is 11.8. The van der Waals surface area contributed by atoms with E-state index < -0.39 is 13.9 Å². The molecule has 8 nitrogen and oxygen atoms in total.